The van der Waals surface area contributed by atoms with Gasteiger partial charge in [0, 0.05) is 42.3 Å². The number of benzene rings is 2. The number of halogens is 1. The fourth-order valence-corrected chi connectivity index (χ4v) is 3.73. The largest absolute Gasteiger partial charge is 0.496 e. The van der Waals surface area contributed by atoms with Crippen LogP contribution in [-0.4, -0.2) is 52.4 Å². The first-order chi connectivity index (χ1) is 12.7. The minimum absolute atomic E-state index is 0.0456. The van der Waals surface area contributed by atoms with E-state index in [1.807, 2.05) is 30.3 Å². The summed E-state index contributed by atoms with van der Waals surface area (Å²) in [6, 6.07) is 11.7. The van der Waals surface area contributed by atoms with Crippen molar-refractivity contribution in [2.24, 2.45) is 0 Å². The summed E-state index contributed by atoms with van der Waals surface area (Å²) in [6.45, 7) is 3.71. The van der Waals surface area contributed by atoms with E-state index in [9.17, 15) is 0 Å². The van der Waals surface area contributed by atoms with Crippen LogP contribution in [0.4, 0.5) is 0 Å². The van der Waals surface area contributed by atoms with Crippen molar-refractivity contribution in [2.45, 2.75) is 6.04 Å². The molecular weight excluding hydrogens is 352 g/mol. The van der Waals surface area contributed by atoms with Crippen LogP contribution in [-0.2, 0) is 0 Å². The number of hydrogen-bond donors (Lipinski definition) is 1. The second-order valence-electron chi connectivity index (χ2n) is 6.16. The van der Waals surface area contributed by atoms with Crippen molar-refractivity contribution in [1.82, 2.24) is 10.2 Å². The summed E-state index contributed by atoms with van der Waals surface area (Å²) in [5.41, 5.74) is 2.06. The molecule has 1 saturated heterocycles. The SMILES string of the molecule is COc1ccc(Cl)cc1C(c1cccc(OC)c1OC)N1CCNCC1. The van der Waals surface area contributed by atoms with Crippen molar-refractivity contribution in [3.8, 4) is 17.2 Å². The van der Waals surface area contributed by atoms with Gasteiger partial charge in [-0.2, -0.15) is 0 Å². The fourth-order valence-electron chi connectivity index (χ4n) is 3.55. The predicted molar refractivity (Wildman–Crippen MR) is 104 cm³/mol. The zero-order valence-corrected chi connectivity index (χ0v) is 16.2. The summed E-state index contributed by atoms with van der Waals surface area (Å²) < 4.78 is 16.9. The number of piperazine rings is 1. The standard InChI is InChI=1S/C20H25ClN2O3/c1-24-17-8-7-14(21)13-16(17)19(23-11-9-22-10-12-23)15-5-4-6-18(25-2)20(15)26-3/h4-8,13,19,22H,9-12H2,1-3H3. The van der Waals surface area contributed by atoms with Crippen LogP contribution >= 0.6 is 11.6 Å². The predicted octanol–water partition coefficient (Wildman–Crippen LogP) is 3.36. The molecule has 0 bridgehead atoms. The van der Waals surface area contributed by atoms with Gasteiger partial charge < -0.3 is 19.5 Å². The molecule has 6 heteroatoms. The molecule has 1 N–H and O–H groups in total. The number of methoxy groups -OCH3 is 3. The molecule has 0 aromatic heterocycles. The van der Waals surface area contributed by atoms with Gasteiger partial charge in [0.05, 0.1) is 27.4 Å². The van der Waals surface area contributed by atoms with E-state index < -0.39 is 0 Å². The Balaban J connectivity index is 2.18. The first-order valence-corrected chi connectivity index (χ1v) is 9.06. The minimum Gasteiger partial charge on any atom is -0.496 e. The summed E-state index contributed by atoms with van der Waals surface area (Å²) in [7, 11) is 5.01. The van der Waals surface area contributed by atoms with Crippen LogP contribution in [0.3, 0.4) is 0 Å². The lowest BCUT2D eigenvalue weighted by molar-refractivity contribution is 0.191. The van der Waals surface area contributed by atoms with Gasteiger partial charge in [0.2, 0.25) is 0 Å². The number of ether oxygens (including phenoxy) is 3. The van der Waals surface area contributed by atoms with E-state index >= 15 is 0 Å². The Morgan fingerprint density at radius 1 is 0.923 bits per heavy atom. The Morgan fingerprint density at radius 2 is 1.65 bits per heavy atom. The highest BCUT2D eigenvalue weighted by molar-refractivity contribution is 6.30. The van der Waals surface area contributed by atoms with Gasteiger partial charge in [-0.25, -0.2) is 0 Å². The van der Waals surface area contributed by atoms with Crippen LogP contribution < -0.4 is 19.5 Å². The van der Waals surface area contributed by atoms with Crippen LogP contribution in [0.5, 0.6) is 17.2 Å². The fraction of sp³-hybridized carbons (Fsp3) is 0.400. The van der Waals surface area contributed by atoms with Crippen LogP contribution in [0.25, 0.3) is 0 Å². The molecule has 0 radical (unpaired) electrons. The second kappa shape index (κ2) is 8.62. The van der Waals surface area contributed by atoms with Gasteiger partial charge in [-0.1, -0.05) is 23.7 Å². The molecule has 1 heterocycles. The molecular formula is C20H25ClN2O3. The molecule has 1 aliphatic heterocycles. The molecule has 3 rings (SSSR count). The number of para-hydroxylation sites is 1. The lowest BCUT2D eigenvalue weighted by Crippen LogP contribution is -2.45. The van der Waals surface area contributed by atoms with Crippen LogP contribution in [0, 0.1) is 0 Å². The topological polar surface area (TPSA) is 43.0 Å². The molecule has 0 amide bonds. The molecule has 1 aliphatic rings. The second-order valence-corrected chi connectivity index (χ2v) is 6.59. The van der Waals surface area contributed by atoms with E-state index in [-0.39, 0.29) is 6.04 Å². The van der Waals surface area contributed by atoms with Gasteiger partial charge in [-0.05, 0) is 24.3 Å². The minimum atomic E-state index is -0.0456. The summed E-state index contributed by atoms with van der Waals surface area (Å²) in [5.74, 6) is 2.26. The molecule has 140 valence electrons. The summed E-state index contributed by atoms with van der Waals surface area (Å²) in [4.78, 5) is 2.42. The summed E-state index contributed by atoms with van der Waals surface area (Å²) in [5, 5.41) is 4.09. The molecule has 0 spiro atoms. The third-order valence-electron chi connectivity index (χ3n) is 4.73. The molecule has 26 heavy (non-hydrogen) atoms. The van der Waals surface area contributed by atoms with Crippen molar-refractivity contribution >= 4 is 11.6 Å². The third kappa shape index (κ3) is 3.75. The van der Waals surface area contributed by atoms with Gasteiger partial charge in [-0.3, -0.25) is 4.90 Å². The molecule has 0 saturated carbocycles. The first-order valence-electron chi connectivity index (χ1n) is 8.68. The van der Waals surface area contributed by atoms with Crippen molar-refractivity contribution in [2.75, 3.05) is 47.5 Å². The number of nitrogens with zero attached hydrogens (tertiary/aromatic N) is 1. The van der Waals surface area contributed by atoms with Gasteiger partial charge in [0.25, 0.3) is 0 Å². The maximum Gasteiger partial charge on any atom is 0.165 e. The van der Waals surface area contributed by atoms with Crippen molar-refractivity contribution in [1.29, 1.82) is 0 Å². The maximum absolute atomic E-state index is 6.33. The zero-order valence-electron chi connectivity index (χ0n) is 15.4. The first kappa shape index (κ1) is 18.8. The molecule has 1 fully saturated rings. The number of rotatable bonds is 6. The maximum atomic E-state index is 6.33. The van der Waals surface area contributed by atoms with Crippen molar-refractivity contribution in [3.63, 3.8) is 0 Å². The van der Waals surface area contributed by atoms with Crippen LogP contribution in [0.15, 0.2) is 36.4 Å². The zero-order chi connectivity index (χ0) is 18.5. The van der Waals surface area contributed by atoms with Gasteiger partial charge >= 0.3 is 0 Å². The smallest absolute Gasteiger partial charge is 0.165 e. The highest BCUT2D eigenvalue weighted by atomic mass is 35.5. The number of hydrogen-bond acceptors (Lipinski definition) is 5. The van der Waals surface area contributed by atoms with E-state index in [2.05, 4.69) is 16.3 Å². The Labute approximate surface area is 159 Å². The third-order valence-corrected chi connectivity index (χ3v) is 4.97. The highest BCUT2D eigenvalue weighted by Crippen LogP contribution is 2.43. The average molecular weight is 377 g/mol. The van der Waals surface area contributed by atoms with E-state index in [0.717, 1.165) is 48.8 Å². The Morgan fingerprint density at radius 3 is 2.31 bits per heavy atom. The average Bonchev–Trinajstić information content (AvgIpc) is 2.69. The van der Waals surface area contributed by atoms with E-state index in [0.29, 0.717) is 10.8 Å². The highest BCUT2D eigenvalue weighted by Gasteiger charge is 2.30. The van der Waals surface area contributed by atoms with E-state index in [1.54, 1.807) is 21.3 Å². The monoisotopic (exact) mass is 376 g/mol. The molecule has 0 aliphatic carbocycles. The molecule has 2 aromatic carbocycles. The Hall–Kier alpha value is -1.95. The molecule has 5 nitrogen and oxygen atoms in total. The molecule has 1 unspecified atom stereocenters. The van der Waals surface area contributed by atoms with E-state index in [1.165, 1.54) is 0 Å². The van der Waals surface area contributed by atoms with E-state index in [4.69, 9.17) is 25.8 Å². The van der Waals surface area contributed by atoms with Crippen LogP contribution in [0.2, 0.25) is 5.02 Å². The summed E-state index contributed by atoms with van der Waals surface area (Å²) in [6.07, 6.45) is 0. The Kier molecular flexibility index (Phi) is 6.25. The van der Waals surface area contributed by atoms with Crippen LogP contribution in [0.1, 0.15) is 17.2 Å². The van der Waals surface area contributed by atoms with Gasteiger partial charge in [-0.15, -0.1) is 0 Å². The van der Waals surface area contributed by atoms with Gasteiger partial charge in [0.1, 0.15) is 5.75 Å². The Bertz CT molecular complexity index is 748. The van der Waals surface area contributed by atoms with Crippen molar-refractivity contribution in [3.05, 3.63) is 52.5 Å². The summed E-state index contributed by atoms with van der Waals surface area (Å²) >= 11 is 6.33. The van der Waals surface area contributed by atoms with Crippen molar-refractivity contribution < 1.29 is 14.2 Å². The lowest BCUT2D eigenvalue weighted by Gasteiger charge is -2.36. The normalized spacial score (nSPS) is 16.2. The number of nitrogens with one attached hydrogen (secondary N) is 1. The molecule has 2 aromatic rings. The lowest BCUT2D eigenvalue weighted by atomic mass is 9.94. The quantitative estimate of drug-likeness (QED) is 0.837. The van der Waals surface area contributed by atoms with Gasteiger partial charge in [0.15, 0.2) is 11.5 Å². The molecule has 1 atom stereocenters.